The monoisotopic (exact) mass is 322 g/mol. The summed E-state index contributed by atoms with van der Waals surface area (Å²) in [6, 6.07) is 12.8. The topological polar surface area (TPSA) is 41.1 Å². The summed E-state index contributed by atoms with van der Waals surface area (Å²) in [6.45, 7) is 3.08. The van der Waals surface area contributed by atoms with Gasteiger partial charge in [0.25, 0.3) is 5.91 Å². The fraction of sp³-hybridized carbons (Fsp3) is 0.188. The molecule has 0 radical (unpaired) electrons. The van der Waals surface area contributed by atoms with Crippen molar-refractivity contribution in [1.82, 2.24) is 5.32 Å². The third-order valence-electron chi connectivity index (χ3n) is 2.88. The first-order chi connectivity index (χ1) is 10.1. The summed E-state index contributed by atoms with van der Waals surface area (Å²) in [5, 5.41) is 7.25. The Balaban J connectivity index is 2.06. The van der Waals surface area contributed by atoms with Crippen LogP contribution in [0.3, 0.4) is 0 Å². The van der Waals surface area contributed by atoms with E-state index in [1.165, 1.54) is 0 Å². The summed E-state index contributed by atoms with van der Waals surface area (Å²) in [6.07, 6.45) is 0. The average molecular weight is 323 g/mol. The third kappa shape index (κ3) is 4.66. The molecule has 110 valence electrons. The highest BCUT2D eigenvalue weighted by Crippen LogP contribution is 2.20. The first-order valence-corrected chi connectivity index (χ1v) is 7.41. The SMILES string of the molecule is CCNC(=O)c1cccc(NCc2cc(Cl)cc(Cl)c2)c1. The Hall–Kier alpha value is -1.71. The van der Waals surface area contributed by atoms with Crippen LogP contribution in [-0.2, 0) is 6.54 Å². The minimum absolute atomic E-state index is 0.0769. The molecule has 0 saturated carbocycles. The lowest BCUT2D eigenvalue weighted by atomic mass is 10.1. The highest BCUT2D eigenvalue weighted by atomic mass is 35.5. The van der Waals surface area contributed by atoms with Crippen LogP contribution >= 0.6 is 23.2 Å². The molecular weight excluding hydrogens is 307 g/mol. The molecule has 2 N–H and O–H groups in total. The Bertz CT molecular complexity index is 624. The maximum Gasteiger partial charge on any atom is 0.251 e. The van der Waals surface area contributed by atoms with E-state index in [2.05, 4.69) is 10.6 Å². The molecule has 5 heteroatoms. The van der Waals surface area contributed by atoms with Crippen molar-refractivity contribution in [2.24, 2.45) is 0 Å². The van der Waals surface area contributed by atoms with Gasteiger partial charge in [0.15, 0.2) is 0 Å². The molecule has 2 aromatic rings. The molecule has 0 heterocycles. The number of benzene rings is 2. The van der Waals surface area contributed by atoms with Gasteiger partial charge in [0.2, 0.25) is 0 Å². The van der Waals surface area contributed by atoms with Gasteiger partial charge < -0.3 is 10.6 Å². The van der Waals surface area contributed by atoms with Gasteiger partial charge in [0.05, 0.1) is 0 Å². The van der Waals surface area contributed by atoms with Crippen LogP contribution < -0.4 is 10.6 Å². The van der Waals surface area contributed by atoms with Crippen LogP contribution in [0.15, 0.2) is 42.5 Å². The molecule has 0 aliphatic carbocycles. The van der Waals surface area contributed by atoms with Gasteiger partial charge in [-0.15, -0.1) is 0 Å². The van der Waals surface area contributed by atoms with Crippen LogP contribution in [0.2, 0.25) is 10.0 Å². The molecular formula is C16H16Cl2N2O. The molecule has 3 nitrogen and oxygen atoms in total. The van der Waals surface area contributed by atoms with Crippen LogP contribution in [0.25, 0.3) is 0 Å². The largest absolute Gasteiger partial charge is 0.381 e. The zero-order valence-electron chi connectivity index (χ0n) is 11.6. The highest BCUT2D eigenvalue weighted by molar-refractivity contribution is 6.34. The van der Waals surface area contributed by atoms with E-state index >= 15 is 0 Å². The van der Waals surface area contributed by atoms with E-state index in [0.29, 0.717) is 28.7 Å². The van der Waals surface area contributed by atoms with Gasteiger partial charge >= 0.3 is 0 Å². The van der Waals surface area contributed by atoms with Gasteiger partial charge in [0.1, 0.15) is 0 Å². The van der Waals surface area contributed by atoms with Crippen molar-refractivity contribution in [2.45, 2.75) is 13.5 Å². The Kier molecular flexibility index (Phi) is 5.48. The number of hydrogen-bond acceptors (Lipinski definition) is 2. The van der Waals surface area contributed by atoms with Gasteiger partial charge in [-0.3, -0.25) is 4.79 Å². The lowest BCUT2D eigenvalue weighted by Gasteiger charge is -2.09. The predicted octanol–water partition coefficient (Wildman–Crippen LogP) is 4.36. The number of amides is 1. The fourth-order valence-electron chi connectivity index (χ4n) is 1.95. The maximum absolute atomic E-state index is 11.8. The van der Waals surface area contributed by atoms with Gasteiger partial charge in [-0.1, -0.05) is 29.3 Å². The molecule has 0 bridgehead atoms. The molecule has 1 amide bonds. The van der Waals surface area contributed by atoms with E-state index in [-0.39, 0.29) is 5.91 Å². The van der Waals surface area contributed by atoms with Crippen LogP contribution in [0.4, 0.5) is 5.69 Å². The van der Waals surface area contributed by atoms with Crippen LogP contribution in [0, 0.1) is 0 Å². The zero-order valence-corrected chi connectivity index (χ0v) is 13.1. The van der Waals surface area contributed by atoms with E-state index in [1.54, 1.807) is 12.1 Å². The van der Waals surface area contributed by atoms with Crippen molar-refractivity contribution in [3.05, 3.63) is 63.6 Å². The normalized spacial score (nSPS) is 10.2. The van der Waals surface area contributed by atoms with Crippen LogP contribution in [-0.4, -0.2) is 12.5 Å². The molecule has 21 heavy (non-hydrogen) atoms. The minimum Gasteiger partial charge on any atom is -0.381 e. The predicted molar refractivity (Wildman–Crippen MR) is 88.2 cm³/mol. The molecule has 0 saturated heterocycles. The second kappa shape index (κ2) is 7.34. The zero-order chi connectivity index (χ0) is 15.2. The lowest BCUT2D eigenvalue weighted by Crippen LogP contribution is -2.22. The molecule has 0 aliphatic heterocycles. The molecule has 0 aliphatic rings. The van der Waals surface area contributed by atoms with E-state index < -0.39 is 0 Å². The smallest absolute Gasteiger partial charge is 0.251 e. The molecule has 0 fully saturated rings. The summed E-state index contributed by atoms with van der Waals surface area (Å²) in [5.41, 5.74) is 2.48. The second-order valence-electron chi connectivity index (χ2n) is 4.57. The minimum atomic E-state index is -0.0769. The van der Waals surface area contributed by atoms with Crippen LogP contribution in [0.1, 0.15) is 22.8 Å². The summed E-state index contributed by atoms with van der Waals surface area (Å²) in [4.78, 5) is 11.8. The lowest BCUT2D eigenvalue weighted by molar-refractivity contribution is 0.0956. The van der Waals surface area contributed by atoms with Gasteiger partial charge in [-0.25, -0.2) is 0 Å². The summed E-state index contributed by atoms with van der Waals surface area (Å²) >= 11 is 11.9. The Morgan fingerprint density at radius 1 is 1.10 bits per heavy atom. The average Bonchev–Trinajstić information content (AvgIpc) is 2.45. The molecule has 2 rings (SSSR count). The number of rotatable bonds is 5. The van der Waals surface area contributed by atoms with Gasteiger partial charge in [0, 0.05) is 34.4 Å². The van der Waals surface area contributed by atoms with Crippen LogP contribution in [0.5, 0.6) is 0 Å². The van der Waals surface area contributed by atoms with E-state index in [9.17, 15) is 4.79 Å². The third-order valence-corrected chi connectivity index (χ3v) is 3.32. The first-order valence-electron chi connectivity index (χ1n) is 6.65. The first kappa shape index (κ1) is 15.7. The van der Waals surface area contributed by atoms with Gasteiger partial charge in [-0.05, 0) is 48.9 Å². The second-order valence-corrected chi connectivity index (χ2v) is 5.44. The van der Waals surface area contributed by atoms with Crippen molar-refractivity contribution in [2.75, 3.05) is 11.9 Å². The maximum atomic E-state index is 11.8. The molecule has 0 aromatic heterocycles. The van der Waals surface area contributed by atoms with E-state index in [1.807, 2.05) is 37.3 Å². The number of carbonyl (C=O) groups is 1. The summed E-state index contributed by atoms with van der Waals surface area (Å²) < 4.78 is 0. The van der Waals surface area contributed by atoms with E-state index in [4.69, 9.17) is 23.2 Å². The van der Waals surface area contributed by atoms with Gasteiger partial charge in [-0.2, -0.15) is 0 Å². The molecule has 2 aromatic carbocycles. The van der Waals surface area contributed by atoms with Crippen molar-refractivity contribution < 1.29 is 4.79 Å². The number of hydrogen-bond donors (Lipinski definition) is 2. The van der Waals surface area contributed by atoms with Crippen molar-refractivity contribution >= 4 is 34.8 Å². The van der Waals surface area contributed by atoms with Crippen molar-refractivity contribution in [1.29, 1.82) is 0 Å². The van der Waals surface area contributed by atoms with Crippen molar-refractivity contribution in [3.63, 3.8) is 0 Å². The standard InChI is InChI=1S/C16H16Cl2N2O/c1-2-19-16(21)12-4-3-5-15(8-12)20-10-11-6-13(17)9-14(18)7-11/h3-9,20H,2,10H2,1H3,(H,19,21). The summed E-state index contributed by atoms with van der Waals surface area (Å²) in [5.74, 6) is -0.0769. The Labute approximate surface area is 134 Å². The Morgan fingerprint density at radius 2 is 1.81 bits per heavy atom. The number of anilines is 1. The number of nitrogens with one attached hydrogen (secondary N) is 2. The summed E-state index contributed by atoms with van der Waals surface area (Å²) in [7, 11) is 0. The fourth-order valence-corrected chi connectivity index (χ4v) is 2.52. The molecule has 0 spiro atoms. The number of carbonyl (C=O) groups excluding carboxylic acids is 1. The number of halogens is 2. The highest BCUT2D eigenvalue weighted by Gasteiger charge is 2.05. The van der Waals surface area contributed by atoms with Crippen molar-refractivity contribution in [3.8, 4) is 0 Å². The molecule has 0 unspecified atom stereocenters. The quantitative estimate of drug-likeness (QED) is 0.858. The Morgan fingerprint density at radius 3 is 2.48 bits per heavy atom. The molecule has 0 atom stereocenters. The van der Waals surface area contributed by atoms with E-state index in [0.717, 1.165) is 11.3 Å².